The Hall–Kier alpha value is -1.16. The van der Waals surface area contributed by atoms with Crippen LogP contribution in [0.3, 0.4) is 0 Å². The lowest BCUT2D eigenvalue weighted by Gasteiger charge is -2.35. The zero-order valence-corrected chi connectivity index (χ0v) is 8.63. The van der Waals surface area contributed by atoms with Crippen molar-refractivity contribution in [3.05, 3.63) is 29.8 Å². The molecule has 0 aliphatic carbocycles. The maximum absolute atomic E-state index is 13.0. The fourth-order valence-corrected chi connectivity index (χ4v) is 1.93. The molecule has 0 amide bonds. The summed E-state index contributed by atoms with van der Waals surface area (Å²) in [5.74, 6) is -1.04. The van der Waals surface area contributed by atoms with Gasteiger partial charge in [0, 0.05) is 37.4 Å². The van der Waals surface area contributed by atoms with Crippen molar-refractivity contribution in [2.24, 2.45) is 0 Å². The molecule has 0 aromatic heterocycles. The normalized spacial score (nSPS) is 21.8. The van der Waals surface area contributed by atoms with E-state index in [1.165, 1.54) is 12.1 Å². The molecule has 1 aromatic rings. The van der Waals surface area contributed by atoms with Crippen LogP contribution in [0.5, 0.6) is 0 Å². The van der Waals surface area contributed by atoms with Gasteiger partial charge in [0.1, 0.15) is 11.6 Å². The van der Waals surface area contributed by atoms with Gasteiger partial charge in [-0.1, -0.05) is 0 Å². The molecule has 1 saturated heterocycles. The molecule has 0 unspecified atom stereocenters. The molecule has 1 fully saturated rings. The molecule has 1 heterocycles. The third-order valence-electron chi connectivity index (χ3n) is 2.68. The highest BCUT2D eigenvalue weighted by Crippen LogP contribution is 2.20. The lowest BCUT2D eigenvalue weighted by atomic mass is 10.1. The molecule has 1 aromatic carbocycles. The molecule has 82 valence electrons. The Morgan fingerprint density at radius 2 is 1.93 bits per heavy atom. The summed E-state index contributed by atoms with van der Waals surface area (Å²) in [5, 5.41) is 3.23. The summed E-state index contributed by atoms with van der Waals surface area (Å²) in [4.78, 5) is 2.02. The summed E-state index contributed by atoms with van der Waals surface area (Å²) in [6, 6.07) is 3.92. The van der Waals surface area contributed by atoms with Crippen molar-refractivity contribution in [2.75, 3.05) is 24.5 Å². The minimum Gasteiger partial charge on any atom is -0.366 e. The van der Waals surface area contributed by atoms with Crippen LogP contribution in [0.25, 0.3) is 0 Å². The summed E-state index contributed by atoms with van der Waals surface area (Å²) in [5.41, 5.74) is 0.626. The van der Waals surface area contributed by atoms with Crippen LogP contribution in [0.15, 0.2) is 18.2 Å². The van der Waals surface area contributed by atoms with Crippen LogP contribution in [0.4, 0.5) is 14.5 Å². The number of nitrogens with zero attached hydrogens (tertiary/aromatic N) is 1. The molecule has 1 atom stereocenters. The lowest BCUT2D eigenvalue weighted by Crippen LogP contribution is -2.50. The number of halogens is 2. The van der Waals surface area contributed by atoms with Gasteiger partial charge in [0.25, 0.3) is 0 Å². The molecule has 0 radical (unpaired) electrons. The van der Waals surface area contributed by atoms with Gasteiger partial charge in [0.2, 0.25) is 0 Å². The number of hydrogen-bond acceptors (Lipinski definition) is 2. The maximum atomic E-state index is 13.0. The minimum atomic E-state index is -0.518. The van der Waals surface area contributed by atoms with Gasteiger partial charge < -0.3 is 10.2 Å². The van der Waals surface area contributed by atoms with Crippen LogP contribution < -0.4 is 10.2 Å². The van der Waals surface area contributed by atoms with E-state index in [0.29, 0.717) is 5.69 Å². The van der Waals surface area contributed by atoms with Crippen molar-refractivity contribution < 1.29 is 8.78 Å². The molecule has 0 spiro atoms. The van der Waals surface area contributed by atoms with E-state index in [1.807, 2.05) is 11.8 Å². The average Bonchev–Trinajstić information content (AvgIpc) is 2.16. The second kappa shape index (κ2) is 4.14. The van der Waals surface area contributed by atoms with Crippen LogP contribution in [-0.2, 0) is 0 Å². The molecule has 2 nitrogen and oxygen atoms in total. The zero-order chi connectivity index (χ0) is 10.8. The predicted molar refractivity (Wildman–Crippen MR) is 56.0 cm³/mol. The van der Waals surface area contributed by atoms with Crippen molar-refractivity contribution in [1.82, 2.24) is 5.32 Å². The minimum absolute atomic E-state index is 0.264. The Morgan fingerprint density at radius 3 is 2.53 bits per heavy atom. The van der Waals surface area contributed by atoms with Gasteiger partial charge in [-0.15, -0.1) is 0 Å². The number of rotatable bonds is 1. The van der Waals surface area contributed by atoms with E-state index in [-0.39, 0.29) is 6.04 Å². The van der Waals surface area contributed by atoms with E-state index in [2.05, 4.69) is 5.32 Å². The standard InChI is InChI=1S/C11H14F2N2/c1-8-7-14-2-3-15(8)11-5-9(12)4-10(13)6-11/h4-6,8,14H,2-3,7H2,1H3/t8-/m1/s1. The Morgan fingerprint density at radius 1 is 1.27 bits per heavy atom. The second-order valence-corrected chi connectivity index (χ2v) is 3.87. The fourth-order valence-electron chi connectivity index (χ4n) is 1.93. The van der Waals surface area contributed by atoms with Gasteiger partial charge in [0.05, 0.1) is 0 Å². The van der Waals surface area contributed by atoms with Gasteiger partial charge in [-0.05, 0) is 19.1 Å². The second-order valence-electron chi connectivity index (χ2n) is 3.87. The van der Waals surface area contributed by atoms with E-state index in [1.54, 1.807) is 0 Å². The van der Waals surface area contributed by atoms with Crippen molar-refractivity contribution in [1.29, 1.82) is 0 Å². The highest BCUT2D eigenvalue weighted by molar-refractivity contribution is 5.48. The highest BCUT2D eigenvalue weighted by Gasteiger charge is 2.19. The number of benzene rings is 1. The van der Waals surface area contributed by atoms with Crippen LogP contribution in [-0.4, -0.2) is 25.7 Å². The predicted octanol–water partition coefficient (Wildman–Crippen LogP) is 1.76. The topological polar surface area (TPSA) is 15.3 Å². The maximum Gasteiger partial charge on any atom is 0.128 e. The highest BCUT2D eigenvalue weighted by atomic mass is 19.1. The third-order valence-corrected chi connectivity index (χ3v) is 2.68. The number of hydrogen-bond donors (Lipinski definition) is 1. The van der Waals surface area contributed by atoms with Crippen molar-refractivity contribution >= 4 is 5.69 Å². The van der Waals surface area contributed by atoms with Gasteiger partial charge >= 0.3 is 0 Å². The largest absolute Gasteiger partial charge is 0.366 e. The van der Waals surface area contributed by atoms with E-state index >= 15 is 0 Å². The Kier molecular flexibility index (Phi) is 2.86. The molecule has 4 heteroatoms. The zero-order valence-electron chi connectivity index (χ0n) is 8.63. The van der Waals surface area contributed by atoms with E-state index in [0.717, 1.165) is 25.7 Å². The van der Waals surface area contributed by atoms with Crippen LogP contribution >= 0.6 is 0 Å². The molecule has 0 bridgehead atoms. The quantitative estimate of drug-likeness (QED) is 0.763. The fraction of sp³-hybridized carbons (Fsp3) is 0.455. The van der Waals surface area contributed by atoms with Crippen LogP contribution in [0.2, 0.25) is 0 Å². The van der Waals surface area contributed by atoms with Crippen LogP contribution in [0, 0.1) is 11.6 Å². The first-order valence-corrected chi connectivity index (χ1v) is 5.10. The first kappa shape index (κ1) is 10.4. The first-order chi connectivity index (χ1) is 7.16. The molecule has 1 aliphatic rings. The molecule has 1 N–H and O–H groups in total. The third kappa shape index (κ3) is 2.26. The average molecular weight is 212 g/mol. The first-order valence-electron chi connectivity index (χ1n) is 5.10. The number of anilines is 1. The van der Waals surface area contributed by atoms with Crippen molar-refractivity contribution in [2.45, 2.75) is 13.0 Å². The molecule has 15 heavy (non-hydrogen) atoms. The Balaban J connectivity index is 2.27. The number of nitrogens with one attached hydrogen (secondary N) is 1. The Labute approximate surface area is 87.9 Å². The van der Waals surface area contributed by atoms with Gasteiger partial charge in [0.15, 0.2) is 0 Å². The lowest BCUT2D eigenvalue weighted by molar-refractivity contribution is 0.497. The molecule has 1 aliphatic heterocycles. The SMILES string of the molecule is C[C@@H]1CNCCN1c1cc(F)cc(F)c1. The van der Waals surface area contributed by atoms with Gasteiger partial charge in [-0.2, -0.15) is 0 Å². The molecule has 2 rings (SSSR count). The summed E-state index contributed by atoms with van der Waals surface area (Å²) >= 11 is 0. The molecular weight excluding hydrogens is 198 g/mol. The summed E-state index contributed by atoms with van der Waals surface area (Å²) in [6.45, 7) is 4.51. The smallest absolute Gasteiger partial charge is 0.128 e. The Bertz CT molecular complexity index is 334. The monoisotopic (exact) mass is 212 g/mol. The van der Waals surface area contributed by atoms with E-state index in [4.69, 9.17) is 0 Å². The van der Waals surface area contributed by atoms with Crippen LogP contribution in [0.1, 0.15) is 6.92 Å². The summed E-state index contributed by atoms with van der Waals surface area (Å²) in [6.07, 6.45) is 0. The van der Waals surface area contributed by atoms with Crippen molar-refractivity contribution in [3.63, 3.8) is 0 Å². The van der Waals surface area contributed by atoms with Crippen molar-refractivity contribution in [3.8, 4) is 0 Å². The van der Waals surface area contributed by atoms with E-state index in [9.17, 15) is 8.78 Å². The van der Waals surface area contributed by atoms with Gasteiger partial charge in [-0.3, -0.25) is 0 Å². The molecular formula is C11H14F2N2. The van der Waals surface area contributed by atoms with E-state index < -0.39 is 11.6 Å². The molecule has 0 saturated carbocycles. The summed E-state index contributed by atoms with van der Waals surface area (Å²) < 4.78 is 26.1. The summed E-state index contributed by atoms with van der Waals surface area (Å²) in [7, 11) is 0. The number of piperazine rings is 1. The van der Waals surface area contributed by atoms with Gasteiger partial charge in [-0.25, -0.2) is 8.78 Å².